The van der Waals surface area contributed by atoms with Gasteiger partial charge >= 0.3 is 5.97 Å². The molecule has 5 heteroatoms. The van der Waals surface area contributed by atoms with Crippen molar-refractivity contribution < 1.29 is 14.3 Å². The molecule has 4 nitrogen and oxygen atoms in total. The van der Waals surface area contributed by atoms with Crippen LogP contribution in [0.3, 0.4) is 0 Å². The summed E-state index contributed by atoms with van der Waals surface area (Å²) in [7, 11) is 0. The van der Waals surface area contributed by atoms with E-state index in [0.29, 0.717) is 5.69 Å². The molecule has 1 N–H and O–H groups in total. The summed E-state index contributed by atoms with van der Waals surface area (Å²) < 4.78 is 5.86. The number of carbonyl (C=O) groups is 2. The summed E-state index contributed by atoms with van der Waals surface area (Å²) in [6, 6.07) is 15.4. The Morgan fingerprint density at radius 2 is 1.88 bits per heavy atom. The van der Waals surface area contributed by atoms with Gasteiger partial charge in [-0.3, -0.25) is 9.59 Å². The first-order valence-electron chi connectivity index (χ1n) is 7.72. The van der Waals surface area contributed by atoms with Crippen LogP contribution < -0.4 is 5.32 Å². The Morgan fingerprint density at radius 3 is 2.54 bits per heavy atom. The number of aryl methyl sites for hydroxylation is 1. The Labute approximate surface area is 150 Å². The Bertz CT molecular complexity index is 716. The number of hydrogen-bond acceptors (Lipinski definition) is 3. The SMILES string of the molecule is Cc1ccc(NC(=O)COC(=O)C[C@H](C)c2ccccc2)c(Br)c1. The van der Waals surface area contributed by atoms with Gasteiger partial charge in [-0.2, -0.15) is 0 Å². The highest BCUT2D eigenvalue weighted by atomic mass is 79.9. The molecule has 0 saturated heterocycles. The number of ether oxygens (including phenoxy) is 1. The second-order valence-electron chi connectivity index (χ2n) is 5.71. The maximum Gasteiger partial charge on any atom is 0.306 e. The van der Waals surface area contributed by atoms with Crippen molar-refractivity contribution in [3.63, 3.8) is 0 Å². The summed E-state index contributed by atoms with van der Waals surface area (Å²) >= 11 is 3.39. The molecule has 0 heterocycles. The number of benzene rings is 2. The van der Waals surface area contributed by atoms with Crippen molar-refractivity contribution in [1.29, 1.82) is 0 Å². The van der Waals surface area contributed by atoms with Crippen molar-refractivity contribution in [3.05, 3.63) is 64.1 Å². The Balaban J connectivity index is 1.80. The lowest BCUT2D eigenvalue weighted by Gasteiger charge is -2.12. The van der Waals surface area contributed by atoms with Crippen molar-refractivity contribution in [2.45, 2.75) is 26.2 Å². The van der Waals surface area contributed by atoms with E-state index in [0.717, 1.165) is 15.6 Å². The third kappa shape index (κ3) is 5.49. The van der Waals surface area contributed by atoms with Gasteiger partial charge in [0.2, 0.25) is 0 Å². The van der Waals surface area contributed by atoms with Crippen molar-refractivity contribution >= 4 is 33.5 Å². The molecule has 0 fully saturated rings. The van der Waals surface area contributed by atoms with Gasteiger partial charge < -0.3 is 10.1 Å². The van der Waals surface area contributed by atoms with E-state index in [9.17, 15) is 9.59 Å². The Hall–Kier alpha value is -2.14. The van der Waals surface area contributed by atoms with Gasteiger partial charge in [-0.05, 0) is 52.0 Å². The van der Waals surface area contributed by atoms with Crippen LogP contribution in [0.1, 0.15) is 30.4 Å². The fraction of sp³-hybridized carbons (Fsp3) is 0.263. The number of carbonyl (C=O) groups excluding carboxylic acids is 2. The molecule has 2 rings (SSSR count). The summed E-state index contributed by atoms with van der Waals surface area (Å²) in [4.78, 5) is 23.8. The van der Waals surface area contributed by atoms with Gasteiger partial charge in [-0.25, -0.2) is 0 Å². The fourth-order valence-electron chi connectivity index (χ4n) is 2.26. The minimum Gasteiger partial charge on any atom is -0.456 e. The lowest BCUT2D eigenvalue weighted by molar-refractivity contribution is -0.147. The minimum atomic E-state index is -0.385. The normalized spacial score (nSPS) is 11.6. The molecule has 24 heavy (non-hydrogen) atoms. The van der Waals surface area contributed by atoms with Gasteiger partial charge in [-0.15, -0.1) is 0 Å². The van der Waals surface area contributed by atoms with Crippen LogP contribution in [-0.2, 0) is 14.3 Å². The number of rotatable bonds is 6. The lowest BCUT2D eigenvalue weighted by atomic mass is 9.98. The number of anilines is 1. The smallest absolute Gasteiger partial charge is 0.306 e. The van der Waals surface area contributed by atoms with E-state index in [-0.39, 0.29) is 30.8 Å². The van der Waals surface area contributed by atoms with Gasteiger partial charge in [0.15, 0.2) is 6.61 Å². The van der Waals surface area contributed by atoms with Crippen LogP contribution in [0.25, 0.3) is 0 Å². The zero-order valence-electron chi connectivity index (χ0n) is 13.7. The van der Waals surface area contributed by atoms with Crippen molar-refractivity contribution in [2.75, 3.05) is 11.9 Å². The van der Waals surface area contributed by atoms with Crippen LogP contribution in [0.5, 0.6) is 0 Å². The summed E-state index contributed by atoms with van der Waals surface area (Å²) in [6.07, 6.45) is 0.242. The monoisotopic (exact) mass is 389 g/mol. The molecule has 1 amide bonds. The van der Waals surface area contributed by atoms with Crippen LogP contribution in [0.2, 0.25) is 0 Å². The second kappa shape index (κ2) is 8.64. The molecule has 126 valence electrons. The first kappa shape index (κ1) is 18.2. The van der Waals surface area contributed by atoms with Gasteiger partial charge in [0.25, 0.3) is 5.91 Å². The molecule has 0 bridgehead atoms. The third-order valence-corrected chi connectivity index (χ3v) is 4.26. The van der Waals surface area contributed by atoms with Crippen LogP contribution in [0, 0.1) is 6.92 Å². The number of halogens is 1. The largest absolute Gasteiger partial charge is 0.456 e. The van der Waals surface area contributed by atoms with Crippen LogP contribution in [0.4, 0.5) is 5.69 Å². The third-order valence-electron chi connectivity index (χ3n) is 3.60. The van der Waals surface area contributed by atoms with Crippen molar-refractivity contribution in [2.24, 2.45) is 0 Å². The van der Waals surface area contributed by atoms with E-state index in [1.807, 2.05) is 56.3 Å². The average molecular weight is 390 g/mol. The predicted molar refractivity (Wildman–Crippen MR) is 97.9 cm³/mol. The zero-order chi connectivity index (χ0) is 17.5. The fourth-order valence-corrected chi connectivity index (χ4v) is 2.85. The molecule has 0 aliphatic heterocycles. The van der Waals surface area contributed by atoms with E-state index >= 15 is 0 Å². The Kier molecular flexibility index (Phi) is 6.55. The molecule has 0 aromatic heterocycles. The Morgan fingerprint density at radius 1 is 1.17 bits per heavy atom. The number of amides is 1. The molecule has 0 aliphatic carbocycles. The molecule has 2 aromatic rings. The summed E-state index contributed by atoms with van der Waals surface area (Å²) in [6.45, 7) is 3.63. The lowest BCUT2D eigenvalue weighted by Crippen LogP contribution is -2.21. The second-order valence-corrected chi connectivity index (χ2v) is 6.56. The quantitative estimate of drug-likeness (QED) is 0.743. The predicted octanol–water partition coefficient (Wildman–Crippen LogP) is 4.43. The van der Waals surface area contributed by atoms with Crippen LogP contribution in [0.15, 0.2) is 53.0 Å². The maximum atomic E-state index is 11.9. The first-order chi connectivity index (χ1) is 11.5. The van der Waals surface area contributed by atoms with Gasteiger partial charge in [0, 0.05) is 4.47 Å². The van der Waals surface area contributed by atoms with E-state index in [1.54, 1.807) is 6.07 Å². The minimum absolute atomic E-state index is 0.0491. The molecule has 0 aliphatic rings. The highest BCUT2D eigenvalue weighted by Gasteiger charge is 2.14. The summed E-state index contributed by atoms with van der Waals surface area (Å²) in [5.74, 6) is -0.697. The molecule has 0 unspecified atom stereocenters. The summed E-state index contributed by atoms with van der Waals surface area (Å²) in [5.41, 5.74) is 2.81. The average Bonchev–Trinajstić information content (AvgIpc) is 2.56. The van der Waals surface area contributed by atoms with Crippen LogP contribution in [-0.4, -0.2) is 18.5 Å². The van der Waals surface area contributed by atoms with E-state index in [2.05, 4.69) is 21.2 Å². The number of nitrogens with one attached hydrogen (secondary N) is 1. The molecule has 0 saturated carbocycles. The van der Waals surface area contributed by atoms with Crippen LogP contribution >= 0.6 is 15.9 Å². The molecule has 1 atom stereocenters. The van der Waals surface area contributed by atoms with E-state index in [4.69, 9.17) is 4.74 Å². The molecule has 2 aromatic carbocycles. The topological polar surface area (TPSA) is 55.4 Å². The molecule has 0 radical (unpaired) electrons. The molecular weight excluding hydrogens is 370 g/mol. The molecule has 0 spiro atoms. The number of hydrogen-bond donors (Lipinski definition) is 1. The molecular formula is C19H20BrNO3. The maximum absolute atomic E-state index is 11.9. The van der Waals surface area contributed by atoms with Gasteiger partial charge in [0.05, 0.1) is 12.1 Å². The van der Waals surface area contributed by atoms with Crippen molar-refractivity contribution in [1.82, 2.24) is 0 Å². The number of esters is 1. The highest BCUT2D eigenvalue weighted by Crippen LogP contribution is 2.23. The highest BCUT2D eigenvalue weighted by molar-refractivity contribution is 9.10. The van der Waals surface area contributed by atoms with Gasteiger partial charge in [0.1, 0.15) is 0 Å². The van der Waals surface area contributed by atoms with Gasteiger partial charge in [-0.1, -0.05) is 43.3 Å². The van der Waals surface area contributed by atoms with E-state index in [1.165, 1.54) is 0 Å². The first-order valence-corrected chi connectivity index (χ1v) is 8.51. The standard InChI is InChI=1S/C19H20BrNO3/c1-13-8-9-17(16(20)10-13)21-18(22)12-24-19(23)11-14(2)15-6-4-3-5-7-15/h3-10,14H,11-12H2,1-2H3,(H,21,22)/t14-/m0/s1. The van der Waals surface area contributed by atoms with Crippen molar-refractivity contribution in [3.8, 4) is 0 Å². The van der Waals surface area contributed by atoms with E-state index < -0.39 is 0 Å². The zero-order valence-corrected chi connectivity index (χ0v) is 15.3. The summed E-state index contributed by atoms with van der Waals surface area (Å²) in [5, 5.41) is 2.71.